The highest BCUT2D eigenvalue weighted by Crippen LogP contribution is 1.87. The van der Waals surface area contributed by atoms with Crippen LogP contribution in [0.3, 0.4) is 0 Å². The van der Waals surface area contributed by atoms with Crippen LogP contribution in [-0.2, 0) is 4.79 Å². The van der Waals surface area contributed by atoms with E-state index in [0.29, 0.717) is 0 Å². The summed E-state index contributed by atoms with van der Waals surface area (Å²) in [6, 6.07) is 0. The predicted octanol–water partition coefficient (Wildman–Crippen LogP) is 1.87. The van der Waals surface area contributed by atoms with Crippen LogP contribution in [0.2, 0.25) is 0 Å². The van der Waals surface area contributed by atoms with E-state index in [4.69, 9.17) is 0 Å². The number of Topliss-reactive ketones (excluding diaryl/α,β-unsaturated/α-hetero) is 1. The molecule has 0 spiro atoms. The second-order valence-electron chi connectivity index (χ2n) is 3.18. The average molecular weight is 162 g/mol. The van der Waals surface area contributed by atoms with Gasteiger partial charge in [0.15, 0.2) is 0 Å². The van der Waals surface area contributed by atoms with E-state index >= 15 is 0 Å². The van der Waals surface area contributed by atoms with Crippen LogP contribution < -0.4 is 0 Å². The largest absolute Gasteiger partial charge is 0.279 e. The van der Waals surface area contributed by atoms with Crippen LogP contribution in [0.15, 0.2) is 0 Å². The molecule has 0 aromatic heterocycles. The van der Waals surface area contributed by atoms with Gasteiger partial charge >= 0.3 is 0 Å². The van der Waals surface area contributed by atoms with Crippen molar-refractivity contribution in [3.05, 3.63) is 0 Å². The first kappa shape index (κ1) is 10.8. The highest BCUT2D eigenvalue weighted by molar-refractivity contribution is 6.08. The monoisotopic (exact) mass is 162 g/mol. The molecular weight excluding hydrogens is 148 g/mol. The van der Waals surface area contributed by atoms with Crippen LogP contribution in [0.1, 0.15) is 27.7 Å². The molecule has 0 saturated heterocycles. The molecular formula is C11H14O. The summed E-state index contributed by atoms with van der Waals surface area (Å²) in [7, 11) is 0. The minimum atomic E-state index is -0.280. The van der Waals surface area contributed by atoms with E-state index in [-0.39, 0.29) is 17.6 Å². The minimum Gasteiger partial charge on any atom is -0.270 e. The van der Waals surface area contributed by atoms with E-state index in [9.17, 15) is 4.79 Å². The van der Waals surface area contributed by atoms with Gasteiger partial charge in [0, 0.05) is 11.8 Å². The zero-order valence-corrected chi connectivity index (χ0v) is 8.06. The van der Waals surface area contributed by atoms with Gasteiger partial charge in [0.25, 0.3) is 5.78 Å². The number of ketones is 1. The molecule has 0 N–H and O–H groups in total. The molecule has 0 radical (unpaired) electrons. The summed E-state index contributed by atoms with van der Waals surface area (Å²) in [5.74, 6) is 10.7. The molecule has 0 unspecified atom stereocenters. The molecule has 0 heterocycles. The Labute approximate surface area is 74.5 Å². The SMILES string of the molecule is CC(C)C#CC(=O)C#CC(C)C. The standard InChI is InChI=1S/C11H14O/c1-9(2)5-7-11(12)8-6-10(3)4/h9-10H,1-4H3. The van der Waals surface area contributed by atoms with Crippen molar-refractivity contribution in [2.75, 3.05) is 0 Å². The van der Waals surface area contributed by atoms with Crippen LogP contribution >= 0.6 is 0 Å². The van der Waals surface area contributed by atoms with Crippen LogP contribution in [0.4, 0.5) is 0 Å². The van der Waals surface area contributed by atoms with Gasteiger partial charge in [0.05, 0.1) is 0 Å². The summed E-state index contributed by atoms with van der Waals surface area (Å²) < 4.78 is 0. The number of hydrogen-bond acceptors (Lipinski definition) is 1. The lowest BCUT2D eigenvalue weighted by molar-refractivity contribution is -0.108. The molecule has 0 atom stereocenters. The van der Waals surface area contributed by atoms with E-state index < -0.39 is 0 Å². The van der Waals surface area contributed by atoms with Crippen molar-refractivity contribution in [1.29, 1.82) is 0 Å². The minimum absolute atomic E-state index is 0.231. The zero-order valence-electron chi connectivity index (χ0n) is 8.06. The summed E-state index contributed by atoms with van der Waals surface area (Å²) in [5.41, 5.74) is 0. The van der Waals surface area contributed by atoms with E-state index in [1.54, 1.807) is 0 Å². The molecule has 0 aliphatic heterocycles. The normalized spacial score (nSPS) is 8.50. The summed E-state index contributed by atoms with van der Waals surface area (Å²) in [5, 5.41) is 0. The molecule has 0 amide bonds. The lowest BCUT2D eigenvalue weighted by atomic mass is 10.2. The highest BCUT2D eigenvalue weighted by Gasteiger charge is 1.89. The fourth-order valence-corrected chi connectivity index (χ4v) is 0.451. The Kier molecular flexibility index (Phi) is 4.89. The fraction of sp³-hybridized carbons (Fsp3) is 0.545. The molecule has 0 aromatic carbocycles. The summed E-state index contributed by atoms with van der Waals surface area (Å²) in [6.07, 6.45) is 0. The van der Waals surface area contributed by atoms with Gasteiger partial charge in [-0.15, -0.1) is 0 Å². The maximum absolute atomic E-state index is 10.9. The number of carbonyl (C=O) groups is 1. The molecule has 0 aromatic rings. The molecule has 0 aliphatic rings. The van der Waals surface area contributed by atoms with Crippen molar-refractivity contribution < 1.29 is 4.79 Å². The topological polar surface area (TPSA) is 17.1 Å². The second-order valence-corrected chi connectivity index (χ2v) is 3.18. The van der Waals surface area contributed by atoms with Gasteiger partial charge in [-0.2, -0.15) is 0 Å². The molecule has 12 heavy (non-hydrogen) atoms. The third-order valence-corrected chi connectivity index (χ3v) is 0.949. The average Bonchev–Trinajstić information content (AvgIpc) is 1.96. The first-order valence-corrected chi connectivity index (χ1v) is 4.09. The van der Waals surface area contributed by atoms with Gasteiger partial charge < -0.3 is 0 Å². The molecule has 0 rings (SSSR count). The molecule has 0 saturated carbocycles. The van der Waals surface area contributed by atoms with E-state index in [0.717, 1.165) is 0 Å². The first-order valence-electron chi connectivity index (χ1n) is 4.09. The van der Waals surface area contributed by atoms with Gasteiger partial charge in [0.1, 0.15) is 0 Å². The Morgan fingerprint density at radius 1 is 0.917 bits per heavy atom. The number of rotatable bonds is 0. The molecule has 1 heteroatoms. The quantitative estimate of drug-likeness (QED) is 0.392. The molecule has 0 fully saturated rings. The zero-order chi connectivity index (χ0) is 9.56. The Balaban J connectivity index is 4.13. The van der Waals surface area contributed by atoms with Crippen LogP contribution in [-0.4, -0.2) is 5.78 Å². The van der Waals surface area contributed by atoms with Crippen molar-refractivity contribution in [1.82, 2.24) is 0 Å². The first-order chi connectivity index (χ1) is 5.52. The Morgan fingerprint density at radius 3 is 1.50 bits per heavy atom. The van der Waals surface area contributed by atoms with Gasteiger partial charge in [-0.25, -0.2) is 0 Å². The molecule has 1 nitrogen and oxygen atoms in total. The summed E-state index contributed by atoms with van der Waals surface area (Å²) in [4.78, 5) is 10.9. The van der Waals surface area contributed by atoms with Gasteiger partial charge in [0.2, 0.25) is 0 Å². The third-order valence-electron chi connectivity index (χ3n) is 0.949. The Bertz CT molecular complexity index is 235. The van der Waals surface area contributed by atoms with Gasteiger partial charge in [-0.05, 0) is 11.8 Å². The third kappa shape index (κ3) is 6.90. The maximum atomic E-state index is 10.9. The van der Waals surface area contributed by atoms with E-state index in [1.165, 1.54) is 0 Å². The van der Waals surface area contributed by atoms with Gasteiger partial charge in [-0.3, -0.25) is 4.79 Å². The molecule has 0 aliphatic carbocycles. The molecule has 64 valence electrons. The molecule has 0 bridgehead atoms. The van der Waals surface area contributed by atoms with Crippen LogP contribution in [0, 0.1) is 35.5 Å². The van der Waals surface area contributed by atoms with Crippen LogP contribution in [0.5, 0.6) is 0 Å². The van der Waals surface area contributed by atoms with Crippen LogP contribution in [0.25, 0.3) is 0 Å². The summed E-state index contributed by atoms with van der Waals surface area (Å²) >= 11 is 0. The van der Waals surface area contributed by atoms with E-state index in [1.807, 2.05) is 27.7 Å². The van der Waals surface area contributed by atoms with Crippen molar-refractivity contribution in [2.45, 2.75) is 27.7 Å². The van der Waals surface area contributed by atoms with E-state index in [2.05, 4.69) is 23.7 Å². The number of carbonyl (C=O) groups excluding carboxylic acids is 1. The highest BCUT2D eigenvalue weighted by atomic mass is 16.1. The second kappa shape index (κ2) is 5.44. The van der Waals surface area contributed by atoms with Crippen molar-refractivity contribution in [3.63, 3.8) is 0 Å². The lowest BCUT2D eigenvalue weighted by Gasteiger charge is -1.85. The lowest BCUT2D eigenvalue weighted by Crippen LogP contribution is -1.90. The summed E-state index contributed by atoms with van der Waals surface area (Å²) in [6.45, 7) is 7.76. The van der Waals surface area contributed by atoms with Gasteiger partial charge in [-0.1, -0.05) is 39.5 Å². The maximum Gasteiger partial charge on any atom is 0.279 e. The predicted molar refractivity (Wildman–Crippen MR) is 50.2 cm³/mol. The fourth-order valence-electron chi connectivity index (χ4n) is 0.451. The van der Waals surface area contributed by atoms with Crippen molar-refractivity contribution in [3.8, 4) is 23.7 Å². The Hall–Kier alpha value is -1.21. The smallest absolute Gasteiger partial charge is 0.270 e. The van der Waals surface area contributed by atoms with Crippen molar-refractivity contribution >= 4 is 5.78 Å². The Morgan fingerprint density at radius 2 is 1.25 bits per heavy atom. The van der Waals surface area contributed by atoms with Crippen molar-refractivity contribution in [2.24, 2.45) is 11.8 Å². The number of hydrogen-bond donors (Lipinski definition) is 0.